The molecule has 1 unspecified atom stereocenters. The van der Waals surface area contributed by atoms with Crippen LogP contribution < -0.4 is 5.32 Å². The maximum absolute atomic E-state index is 4.32. The first-order chi connectivity index (χ1) is 6.35. The zero-order valence-corrected chi connectivity index (χ0v) is 8.17. The van der Waals surface area contributed by atoms with Gasteiger partial charge in [-0.3, -0.25) is 4.99 Å². The topological polar surface area (TPSA) is 61.5 Å². The SMILES string of the molecule is CN=C1NC(SC)N=C2N=CN=C21. The highest BCUT2D eigenvalue weighted by atomic mass is 32.2. The van der Waals surface area contributed by atoms with Crippen LogP contribution in [0.1, 0.15) is 0 Å². The average molecular weight is 195 g/mol. The third kappa shape index (κ3) is 1.37. The third-order valence-electron chi connectivity index (χ3n) is 1.75. The summed E-state index contributed by atoms with van der Waals surface area (Å²) in [6.07, 6.45) is 3.49. The Morgan fingerprint density at radius 2 is 2.46 bits per heavy atom. The minimum Gasteiger partial charge on any atom is -0.338 e. The number of hydrogen-bond donors (Lipinski definition) is 1. The van der Waals surface area contributed by atoms with Gasteiger partial charge in [0.15, 0.2) is 22.9 Å². The van der Waals surface area contributed by atoms with E-state index in [4.69, 9.17) is 0 Å². The zero-order valence-electron chi connectivity index (χ0n) is 7.35. The van der Waals surface area contributed by atoms with Gasteiger partial charge < -0.3 is 5.32 Å². The van der Waals surface area contributed by atoms with Crippen LogP contribution in [0.25, 0.3) is 0 Å². The van der Waals surface area contributed by atoms with Crippen LogP contribution in [0.15, 0.2) is 20.0 Å². The minimum atomic E-state index is 0.00269. The first-order valence-electron chi connectivity index (χ1n) is 3.80. The van der Waals surface area contributed by atoms with Gasteiger partial charge in [-0.25, -0.2) is 15.0 Å². The Labute approximate surface area is 80.2 Å². The van der Waals surface area contributed by atoms with E-state index in [1.165, 1.54) is 6.34 Å². The molecular formula is C7H9N5S. The van der Waals surface area contributed by atoms with E-state index in [1.54, 1.807) is 18.8 Å². The molecular weight excluding hydrogens is 186 g/mol. The van der Waals surface area contributed by atoms with Crippen molar-refractivity contribution in [2.45, 2.75) is 5.50 Å². The normalized spacial score (nSPS) is 28.2. The van der Waals surface area contributed by atoms with Gasteiger partial charge in [-0.05, 0) is 6.26 Å². The molecule has 13 heavy (non-hydrogen) atoms. The molecule has 0 radical (unpaired) electrons. The summed E-state index contributed by atoms with van der Waals surface area (Å²) in [7, 11) is 1.73. The fourth-order valence-corrected chi connectivity index (χ4v) is 1.57. The monoisotopic (exact) mass is 195 g/mol. The molecule has 0 aromatic heterocycles. The van der Waals surface area contributed by atoms with E-state index in [2.05, 4.69) is 25.3 Å². The van der Waals surface area contributed by atoms with Gasteiger partial charge in [-0.1, -0.05) is 0 Å². The molecule has 0 amide bonds. The van der Waals surface area contributed by atoms with Crippen molar-refractivity contribution in [1.29, 1.82) is 0 Å². The molecule has 0 aliphatic carbocycles. The number of rotatable bonds is 1. The Bertz CT molecular complexity index is 341. The maximum atomic E-state index is 4.32. The summed E-state index contributed by atoms with van der Waals surface area (Å²) in [5.41, 5.74) is 0.746. The summed E-state index contributed by atoms with van der Waals surface area (Å²) in [6.45, 7) is 0. The molecule has 68 valence electrons. The molecule has 0 aromatic carbocycles. The van der Waals surface area contributed by atoms with E-state index in [1.807, 2.05) is 6.26 Å². The summed E-state index contributed by atoms with van der Waals surface area (Å²) in [5, 5.41) is 3.14. The fraction of sp³-hybridized carbons (Fsp3) is 0.429. The lowest BCUT2D eigenvalue weighted by atomic mass is 10.3. The van der Waals surface area contributed by atoms with Crippen LogP contribution in [-0.4, -0.2) is 42.5 Å². The molecule has 2 aliphatic heterocycles. The third-order valence-corrected chi connectivity index (χ3v) is 2.42. The fourth-order valence-electron chi connectivity index (χ4n) is 1.13. The van der Waals surface area contributed by atoms with Crippen LogP contribution in [0.5, 0.6) is 0 Å². The number of nitrogens with one attached hydrogen (secondary N) is 1. The number of thioether (sulfide) groups is 1. The zero-order chi connectivity index (χ0) is 9.26. The molecule has 1 N–H and O–H groups in total. The summed E-state index contributed by atoms with van der Waals surface area (Å²) in [5.74, 6) is 1.44. The van der Waals surface area contributed by atoms with Crippen LogP contribution in [-0.2, 0) is 0 Å². The molecule has 2 rings (SSSR count). The molecule has 5 nitrogen and oxygen atoms in total. The van der Waals surface area contributed by atoms with Crippen molar-refractivity contribution in [2.75, 3.05) is 13.3 Å². The number of fused-ring (bicyclic) bond motifs is 1. The molecule has 0 fully saturated rings. The lowest BCUT2D eigenvalue weighted by Gasteiger charge is -2.20. The first kappa shape index (κ1) is 8.43. The second-order valence-electron chi connectivity index (χ2n) is 2.48. The number of hydrogen-bond acceptors (Lipinski definition) is 5. The number of aliphatic imine (C=N–C) groups is 4. The molecule has 2 aliphatic rings. The first-order valence-corrected chi connectivity index (χ1v) is 5.09. The van der Waals surface area contributed by atoms with Gasteiger partial charge in [0, 0.05) is 7.05 Å². The van der Waals surface area contributed by atoms with Gasteiger partial charge in [-0.2, -0.15) is 0 Å². The Kier molecular flexibility index (Phi) is 2.13. The number of nitrogens with zero attached hydrogens (tertiary/aromatic N) is 4. The van der Waals surface area contributed by atoms with E-state index >= 15 is 0 Å². The summed E-state index contributed by atoms with van der Waals surface area (Å²) >= 11 is 1.61. The van der Waals surface area contributed by atoms with Crippen LogP contribution in [0.2, 0.25) is 0 Å². The van der Waals surface area contributed by atoms with E-state index in [9.17, 15) is 0 Å². The van der Waals surface area contributed by atoms with Gasteiger partial charge in [0.2, 0.25) is 0 Å². The molecule has 2 heterocycles. The van der Waals surface area contributed by atoms with Gasteiger partial charge in [0.05, 0.1) is 0 Å². The summed E-state index contributed by atoms with van der Waals surface area (Å²) in [4.78, 5) is 16.5. The van der Waals surface area contributed by atoms with Gasteiger partial charge in [0.25, 0.3) is 0 Å². The lowest BCUT2D eigenvalue weighted by molar-refractivity contribution is 0.859. The van der Waals surface area contributed by atoms with Crippen molar-refractivity contribution < 1.29 is 0 Å². The highest BCUT2D eigenvalue weighted by molar-refractivity contribution is 7.99. The van der Waals surface area contributed by atoms with Crippen molar-refractivity contribution in [3.63, 3.8) is 0 Å². The summed E-state index contributed by atoms with van der Waals surface area (Å²) in [6, 6.07) is 0. The van der Waals surface area contributed by atoms with Crippen molar-refractivity contribution in [2.24, 2.45) is 20.0 Å². The molecule has 0 spiro atoms. The predicted molar refractivity (Wildman–Crippen MR) is 57.2 cm³/mol. The van der Waals surface area contributed by atoms with Crippen LogP contribution in [0, 0.1) is 0 Å². The quantitative estimate of drug-likeness (QED) is 0.647. The Balaban J connectivity index is 2.37. The highest BCUT2D eigenvalue weighted by Gasteiger charge is 2.26. The van der Waals surface area contributed by atoms with Crippen LogP contribution in [0.4, 0.5) is 0 Å². The second-order valence-corrected chi connectivity index (χ2v) is 3.40. The Hall–Kier alpha value is -1.17. The lowest BCUT2D eigenvalue weighted by Crippen LogP contribution is -2.44. The van der Waals surface area contributed by atoms with Gasteiger partial charge >= 0.3 is 0 Å². The minimum absolute atomic E-state index is 0.00269. The van der Waals surface area contributed by atoms with Crippen molar-refractivity contribution in [3.8, 4) is 0 Å². The van der Waals surface area contributed by atoms with Crippen molar-refractivity contribution in [3.05, 3.63) is 0 Å². The molecule has 0 saturated carbocycles. The summed E-state index contributed by atoms with van der Waals surface area (Å²) < 4.78 is 0. The van der Waals surface area contributed by atoms with Crippen molar-refractivity contribution >= 4 is 35.5 Å². The van der Waals surface area contributed by atoms with Gasteiger partial charge in [0.1, 0.15) is 6.34 Å². The second kappa shape index (κ2) is 3.29. The van der Waals surface area contributed by atoms with Crippen LogP contribution >= 0.6 is 11.8 Å². The Morgan fingerprint density at radius 3 is 3.15 bits per heavy atom. The van der Waals surface area contributed by atoms with E-state index in [0.717, 1.165) is 11.5 Å². The van der Waals surface area contributed by atoms with Crippen LogP contribution in [0.3, 0.4) is 0 Å². The average Bonchev–Trinajstić information content (AvgIpc) is 2.63. The highest BCUT2D eigenvalue weighted by Crippen LogP contribution is 2.12. The van der Waals surface area contributed by atoms with Gasteiger partial charge in [-0.15, -0.1) is 11.8 Å². The van der Waals surface area contributed by atoms with E-state index in [-0.39, 0.29) is 5.50 Å². The molecule has 0 bridgehead atoms. The predicted octanol–water partition coefficient (Wildman–Crippen LogP) is 0.146. The Morgan fingerprint density at radius 1 is 1.62 bits per heavy atom. The van der Waals surface area contributed by atoms with E-state index in [0.29, 0.717) is 5.84 Å². The molecule has 0 saturated heterocycles. The van der Waals surface area contributed by atoms with Crippen molar-refractivity contribution in [1.82, 2.24) is 5.32 Å². The molecule has 0 aromatic rings. The van der Waals surface area contributed by atoms with E-state index < -0.39 is 0 Å². The molecule has 6 heteroatoms. The molecule has 1 atom stereocenters. The largest absolute Gasteiger partial charge is 0.338 e. The maximum Gasteiger partial charge on any atom is 0.181 e. The smallest absolute Gasteiger partial charge is 0.181 e. The standard InChI is InChI=1S/C7H9N5S/c1-8-5-4-6(10-3-9-4)12-7(11-5)13-2/h3,7H,1-2H3,(H,8,11). The number of amidine groups is 2.